The van der Waals surface area contributed by atoms with Crippen molar-refractivity contribution in [1.29, 1.82) is 0 Å². The highest BCUT2D eigenvalue weighted by Crippen LogP contribution is 2.29. The summed E-state index contributed by atoms with van der Waals surface area (Å²) in [5, 5.41) is 8.53. The summed E-state index contributed by atoms with van der Waals surface area (Å²) in [6, 6.07) is 11.4. The fourth-order valence-electron chi connectivity index (χ4n) is 2.61. The molecule has 28 heavy (non-hydrogen) atoms. The normalized spacial score (nSPS) is 10.7. The Morgan fingerprint density at radius 3 is 2.68 bits per heavy atom. The number of methoxy groups -OCH3 is 1. The van der Waals surface area contributed by atoms with E-state index in [1.807, 2.05) is 38.1 Å². The van der Waals surface area contributed by atoms with E-state index in [0.29, 0.717) is 22.4 Å². The second kappa shape index (κ2) is 8.93. The topological polar surface area (TPSA) is 74.5 Å². The number of benzene rings is 2. The van der Waals surface area contributed by atoms with Crippen molar-refractivity contribution in [3.8, 4) is 11.5 Å². The van der Waals surface area contributed by atoms with Gasteiger partial charge in [0, 0.05) is 16.9 Å². The van der Waals surface area contributed by atoms with Crippen LogP contribution in [0.1, 0.15) is 39.9 Å². The number of rotatable bonds is 8. The lowest BCUT2D eigenvalue weighted by atomic mass is 10.1. The highest BCUT2D eigenvalue weighted by molar-refractivity contribution is 7.98. The van der Waals surface area contributed by atoms with Gasteiger partial charge in [0.1, 0.15) is 11.5 Å². The van der Waals surface area contributed by atoms with Gasteiger partial charge >= 0.3 is 0 Å². The molecular weight excluding hydrogens is 376 g/mol. The zero-order chi connectivity index (χ0) is 20.1. The minimum atomic E-state index is 0.0116. The number of thioether (sulfide) groups is 1. The number of carbonyl (C=O) groups is 1. The first-order valence-electron chi connectivity index (χ1n) is 8.79. The van der Waals surface area contributed by atoms with Gasteiger partial charge in [-0.05, 0) is 56.2 Å². The number of Topliss-reactive ketones (excluding diaryl/α,β-unsaturated/α-hetero) is 1. The number of aryl methyl sites for hydroxylation is 2. The minimum absolute atomic E-state index is 0.0116. The summed E-state index contributed by atoms with van der Waals surface area (Å²) >= 11 is 1.38. The lowest BCUT2D eigenvalue weighted by molar-refractivity contribution is 0.101. The number of nitrogens with zero attached hydrogens (tertiary/aromatic N) is 2. The molecule has 0 spiro atoms. The molecule has 0 bridgehead atoms. The lowest BCUT2D eigenvalue weighted by Gasteiger charge is -2.08. The number of aromatic nitrogens is 2. The van der Waals surface area contributed by atoms with Crippen molar-refractivity contribution < 1.29 is 18.7 Å². The van der Waals surface area contributed by atoms with Gasteiger partial charge < -0.3 is 13.9 Å². The molecule has 2 aromatic carbocycles. The summed E-state index contributed by atoms with van der Waals surface area (Å²) in [5.41, 5.74) is 3.72. The number of hydrogen-bond donors (Lipinski definition) is 0. The molecule has 0 aliphatic heterocycles. The van der Waals surface area contributed by atoms with Crippen LogP contribution in [0.15, 0.2) is 46.0 Å². The highest BCUT2D eigenvalue weighted by atomic mass is 32.2. The van der Waals surface area contributed by atoms with E-state index < -0.39 is 0 Å². The molecule has 1 aromatic heterocycles. The molecule has 0 atom stereocenters. The Bertz CT molecular complexity index is 984. The Hall–Kier alpha value is -2.80. The molecular formula is C21H22N2O4S. The second-order valence-electron chi connectivity index (χ2n) is 6.39. The third-order valence-corrected chi connectivity index (χ3v) is 5.05. The van der Waals surface area contributed by atoms with Crippen LogP contribution in [0.5, 0.6) is 11.5 Å². The quantitative estimate of drug-likeness (QED) is 0.400. The predicted molar refractivity (Wildman–Crippen MR) is 107 cm³/mol. The van der Waals surface area contributed by atoms with Gasteiger partial charge in [0.25, 0.3) is 11.1 Å². The van der Waals surface area contributed by atoms with Crippen molar-refractivity contribution in [3.63, 3.8) is 0 Å². The molecule has 0 amide bonds. The molecule has 6 nitrogen and oxygen atoms in total. The lowest BCUT2D eigenvalue weighted by Crippen LogP contribution is -1.97. The van der Waals surface area contributed by atoms with Crippen molar-refractivity contribution in [2.75, 3.05) is 7.11 Å². The monoisotopic (exact) mass is 398 g/mol. The van der Waals surface area contributed by atoms with Crippen LogP contribution >= 0.6 is 11.8 Å². The molecule has 0 fully saturated rings. The maximum absolute atomic E-state index is 11.6. The van der Waals surface area contributed by atoms with Crippen molar-refractivity contribution in [1.82, 2.24) is 10.2 Å². The molecule has 0 aliphatic rings. The van der Waals surface area contributed by atoms with Gasteiger partial charge in [-0.25, -0.2) is 0 Å². The Balaban J connectivity index is 1.63. The Morgan fingerprint density at radius 2 is 1.93 bits per heavy atom. The zero-order valence-corrected chi connectivity index (χ0v) is 17.1. The first kappa shape index (κ1) is 19.9. The Labute approximate surface area is 168 Å². The number of ketones is 1. The SMILES string of the molecule is COc1ccc(C(C)=O)cc1CSc1nnc(COc2cc(C)ccc2C)o1. The van der Waals surface area contributed by atoms with E-state index in [9.17, 15) is 4.79 Å². The number of carbonyl (C=O) groups excluding carboxylic acids is 1. The third kappa shape index (κ3) is 4.92. The molecule has 0 saturated heterocycles. The van der Waals surface area contributed by atoms with Crippen LogP contribution in [-0.2, 0) is 12.4 Å². The van der Waals surface area contributed by atoms with Gasteiger partial charge in [-0.2, -0.15) is 0 Å². The molecule has 3 rings (SSSR count). The molecule has 146 valence electrons. The smallest absolute Gasteiger partial charge is 0.277 e. The van der Waals surface area contributed by atoms with Crippen molar-refractivity contribution in [2.24, 2.45) is 0 Å². The van der Waals surface area contributed by atoms with Crippen LogP contribution in [0.4, 0.5) is 0 Å². The maximum Gasteiger partial charge on any atom is 0.277 e. The van der Waals surface area contributed by atoms with Crippen LogP contribution in [0.2, 0.25) is 0 Å². The number of ether oxygens (including phenoxy) is 2. The van der Waals surface area contributed by atoms with Gasteiger partial charge in [-0.15, -0.1) is 10.2 Å². The van der Waals surface area contributed by atoms with E-state index >= 15 is 0 Å². The van der Waals surface area contributed by atoms with Crippen LogP contribution < -0.4 is 9.47 Å². The van der Waals surface area contributed by atoms with Crippen LogP contribution in [0, 0.1) is 13.8 Å². The van der Waals surface area contributed by atoms with Gasteiger partial charge in [0.15, 0.2) is 12.4 Å². The molecule has 7 heteroatoms. The van der Waals surface area contributed by atoms with Gasteiger partial charge in [0.2, 0.25) is 0 Å². The van der Waals surface area contributed by atoms with E-state index in [-0.39, 0.29) is 12.4 Å². The first-order chi connectivity index (χ1) is 13.5. The fraction of sp³-hybridized carbons (Fsp3) is 0.286. The van der Waals surface area contributed by atoms with Gasteiger partial charge in [-0.1, -0.05) is 23.9 Å². The molecule has 0 radical (unpaired) electrons. The fourth-order valence-corrected chi connectivity index (χ4v) is 3.37. The average molecular weight is 398 g/mol. The molecule has 1 heterocycles. The summed E-state index contributed by atoms with van der Waals surface area (Å²) < 4.78 is 16.8. The van der Waals surface area contributed by atoms with Crippen molar-refractivity contribution in [2.45, 2.75) is 38.4 Å². The van der Waals surface area contributed by atoms with E-state index in [0.717, 1.165) is 28.2 Å². The average Bonchev–Trinajstić information content (AvgIpc) is 3.14. The maximum atomic E-state index is 11.6. The van der Waals surface area contributed by atoms with Crippen LogP contribution in [0.25, 0.3) is 0 Å². The van der Waals surface area contributed by atoms with Crippen molar-refractivity contribution in [3.05, 3.63) is 64.5 Å². The summed E-state index contributed by atoms with van der Waals surface area (Å²) in [5.74, 6) is 2.49. The van der Waals surface area contributed by atoms with Gasteiger partial charge in [-0.3, -0.25) is 4.79 Å². The third-order valence-electron chi connectivity index (χ3n) is 4.18. The van der Waals surface area contributed by atoms with Crippen molar-refractivity contribution >= 4 is 17.5 Å². The zero-order valence-electron chi connectivity index (χ0n) is 16.3. The Morgan fingerprint density at radius 1 is 1.11 bits per heavy atom. The van der Waals surface area contributed by atoms with Gasteiger partial charge in [0.05, 0.1) is 7.11 Å². The van der Waals surface area contributed by atoms with E-state index in [1.54, 1.807) is 26.2 Å². The van der Waals surface area contributed by atoms with E-state index in [4.69, 9.17) is 13.9 Å². The predicted octanol–water partition coefficient (Wildman–Crippen LogP) is 4.77. The summed E-state index contributed by atoms with van der Waals surface area (Å²) in [7, 11) is 1.60. The summed E-state index contributed by atoms with van der Waals surface area (Å²) in [4.78, 5) is 11.6. The second-order valence-corrected chi connectivity index (χ2v) is 7.32. The Kier molecular flexibility index (Phi) is 6.36. The molecule has 3 aromatic rings. The van der Waals surface area contributed by atoms with Crippen LogP contribution in [-0.4, -0.2) is 23.1 Å². The van der Waals surface area contributed by atoms with Crippen LogP contribution in [0.3, 0.4) is 0 Å². The minimum Gasteiger partial charge on any atom is -0.496 e. The standard InChI is InChI=1S/C21H22N2O4S/c1-13-5-6-14(2)19(9-13)26-11-20-22-23-21(27-20)28-12-17-10-16(15(3)24)7-8-18(17)25-4/h5-10H,11-12H2,1-4H3. The van der Waals surface area contributed by atoms with E-state index in [2.05, 4.69) is 10.2 Å². The molecule has 0 aliphatic carbocycles. The summed E-state index contributed by atoms with van der Waals surface area (Å²) in [6.07, 6.45) is 0. The van der Waals surface area contributed by atoms with E-state index in [1.165, 1.54) is 11.8 Å². The molecule has 0 unspecified atom stereocenters. The number of hydrogen-bond acceptors (Lipinski definition) is 7. The highest BCUT2D eigenvalue weighted by Gasteiger charge is 2.12. The molecule has 0 N–H and O–H groups in total. The largest absolute Gasteiger partial charge is 0.496 e. The summed E-state index contributed by atoms with van der Waals surface area (Å²) in [6.45, 7) is 5.76. The molecule has 0 saturated carbocycles. The first-order valence-corrected chi connectivity index (χ1v) is 9.78.